The molecule has 0 saturated heterocycles. The smallest absolute Gasteiger partial charge is 0.416 e. The van der Waals surface area contributed by atoms with Gasteiger partial charge in [0.1, 0.15) is 0 Å². The second-order valence-electron chi connectivity index (χ2n) is 4.78. The van der Waals surface area contributed by atoms with Crippen LogP contribution in [0.5, 0.6) is 5.75 Å². The van der Waals surface area contributed by atoms with Crippen molar-refractivity contribution in [3.8, 4) is 5.75 Å². The molecule has 0 spiro atoms. The molecule has 0 aromatic heterocycles. The molecule has 0 saturated carbocycles. The Morgan fingerprint density at radius 2 is 1.84 bits per heavy atom. The van der Waals surface area contributed by atoms with E-state index in [2.05, 4.69) is 0 Å². The number of benzene rings is 1. The highest BCUT2D eigenvalue weighted by Gasteiger charge is 2.35. The summed E-state index contributed by atoms with van der Waals surface area (Å²) >= 11 is 5.68. The van der Waals surface area contributed by atoms with Crippen molar-refractivity contribution in [3.63, 3.8) is 0 Å². The van der Waals surface area contributed by atoms with Gasteiger partial charge in [0.25, 0.3) is 0 Å². The lowest BCUT2D eigenvalue weighted by atomic mass is 10.2. The van der Waals surface area contributed by atoms with E-state index in [1.54, 1.807) is 19.6 Å². The van der Waals surface area contributed by atoms with Gasteiger partial charge in [0.2, 0.25) is 14.1 Å². The third kappa shape index (κ3) is 4.10. The number of nitrogens with zero attached hydrogens (tertiary/aromatic N) is 1. The van der Waals surface area contributed by atoms with Gasteiger partial charge in [-0.3, -0.25) is 10.1 Å². The molecular formula is C10H11ClF3NO3Si. The second-order valence-corrected chi connectivity index (χ2v) is 9.61. The van der Waals surface area contributed by atoms with Crippen LogP contribution < -0.4 is 4.43 Å². The molecule has 4 nitrogen and oxygen atoms in total. The summed E-state index contributed by atoms with van der Waals surface area (Å²) in [5.74, 6) is -0.307. The monoisotopic (exact) mass is 313 g/mol. The minimum Gasteiger partial charge on any atom is -0.539 e. The van der Waals surface area contributed by atoms with Gasteiger partial charge in [-0.1, -0.05) is 11.6 Å². The molecule has 0 amide bonds. The van der Waals surface area contributed by atoms with Gasteiger partial charge in [0.05, 0.1) is 15.5 Å². The van der Waals surface area contributed by atoms with Gasteiger partial charge in [-0.15, -0.1) is 0 Å². The molecule has 0 heterocycles. The number of nitro benzene ring substituents is 1. The molecule has 0 bridgehead atoms. The molecule has 0 atom stereocenters. The summed E-state index contributed by atoms with van der Waals surface area (Å²) in [4.78, 5) is 9.92. The topological polar surface area (TPSA) is 52.4 Å². The molecule has 1 rings (SSSR count). The van der Waals surface area contributed by atoms with Crippen LogP contribution in [0.1, 0.15) is 5.56 Å². The fraction of sp³-hybridized carbons (Fsp3) is 0.400. The van der Waals surface area contributed by atoms with Crippen molar-refractivity contribution in [2.45, 2.75) is 25.8 Å². The first-order valence-corrected chi connectivity index (χ1v) is 8.94. The maximum absolute atomic E-state index is 12.6. The van der Waals surface area contributed by atoms with Gasteiger partial charge in [-0.2, -0.15) is 13.2 Å². The zero-order chi connectivity index (χ0) is 15.0. The highest BCUT2D eigenvalue weighted by molar-refractivity contribution is 6.70. The predicted octanol–water partition coefficient (Wildman–Crippen LogP) is 4.48. The Labute approximate surface area is 113 Å². The van der Waals surface area contributed by atoms with E-state index in [-0.39, 0.29) is 5.75 Å². The maximum atomic E-state index is 12.6. The van der Waals surface area contributed by atoms with Crippen molar-refractivity contribution >= 4 is 25.6 Å². The standard InChI is InChI=1S/C10H11ClF3NO3Si/c1-19(2,3)18-9-7(11)4-6(10(12,13)14)5-8(9)15(16)17/h4-5H,1-3H3. The van der Waals surface area contributed by atoms with Crippen molar-refractivity contribution in [3.05, 3.63) is 32.8 Å². The summed E-state index contributed by atoms with van der Waals surface area (Å²) in [7, 11) is -2.24. The molecule has 0 aliphatic rings. The molecule has 0 unspecified atom stereocenters. The average Bonchev–Trinajstić information content (AvgIpc) is 2.16. The van der Waals surface area contributed by atoms with Crippen molar-refractivity contribution in [1.82, 2.24) is 0 Å². The largest absolute Gasteiger partial charge is 0.539 e. The van der Waals surface area contributed by atoms with Crippen LogP contribution in [0.3, 0.4) is 0 Å². The molecule has 0 aliphatic heterocycles. The van der Waals surface area contributed by atoms with E-state index in [4.69, 9.17) is 16.0 Å². The van der Waals surface area contributed by atoms with Gasteiger partial charge in [-0.25, -0.2) is 0 Å². The summed E-state index contributed by atoms with van der Waals surface area (Å²) in [5, 5.41) is 10.4. The van der Waals surface area contributed by atoms with E-state index in [1.165, 1.54) is 0 Å². The van der Waals surface area contributed by atoms with Crippen LogP contribution in [0.4, 0.5) is 18.9 Å². The van der Waals surface area contributed by atoms with Crippen LogP contribution in [0.25, 0.3) is 0 Å². The lowest BCUT2D eigenvalue weighted by Crippen LogP contribution is -2.29. The molecule has 106 valence electrons. The van der Waals surface area contributed by atoms with E-state index in [0.717, 1.165) is 0 Å². The summed E-state index contributed by atoms with van der Waals surface area (Å²) < 4.78 is 43.1. The Bertz CT molecular complexity index is 514. The van der Waals surface area contributed by atoms with Crippen LogP contribution in [-0.4, -0.2) is 13.2 Å². The molecule has 0 fully saturated rings. The third-order valence-corrected chi connectivity index (χ3v) is 3.05. The van der Waals surface area contributed by atoms with Crippen LogP contribution in [0.15, 0.2) is 12.1 Å². The predicted molar refractivity (Wildman–Crippen MR) is 67.1 cm³/mol. The molecule has 0 aliphatic carbocycles. The molecule has 1 aromatic carbocycles. The molecule has 0 N–H and O–H groups in total. The fourth-order valence-electron chi connectivity index (χ4n) is 1.29. The van der Waals surface area contributed by atoms with Gasteiger partial charge >= 0.3 is 11.9 Å². The van der Waals surface area contributed by atoms with Gasteiger partial charge < -0.3 is 4.43 Å². The van der Waals surface area contributed by atoms with Gasteiger partial charge in [0.15, 0.2) is 0 Å². The molecule has 9 heteroatoms. The van der Waals surface area contributed by atoms with E-state index in [1.807, 2.05) is 0 Å². The van der Waals surface area contributed by atoms with Gasteiger partial charge in [-0.05, 0) is 25.7 Å². The number of hydrogen-bond donors (Lipinski definition) is 0. The van der Waals surface area contributed by atoms with Crippen molar-refractivity contribution < 1.29 is 22.5 Å². The van der Waals surface area contributed by atoms with E-state index < -0.39 is 35.7 Å². The highest BCUT2D eigenvalue weighted by atomic mass is 35.5. The van der Waals surface area contributed by atoms with Crippen molar-refractivity contribution in [1.29, 1.82) is 0 Å². The second kappa shape index (κ2) is 5.01. The van der Waals surface area contributed by atoms with Crippen molar-refractivity contribution in [2.75, 3.05) is 0 Å². The maximum Gasteiger partial charge on any atom is 0.416 e. The quantitative estimate of drug-likeness (QED) is 0.469. The lowest BCUT2D eigenvalue weighted by Gasteiger charge is -2.20. The van der Waals surface area contributed by atoms with E-state index in [0.29, 0.717) is 12.1 Å². The Kier molecular flexibility index (Phi) is 4.16. The first-order chi connectivity index (χ1) is 8.42. The number of rotatable bonds is 3. The number of halogens is 4. The highest BCUT2D eigenvalue weighted by Crippen LogP contribution is 2.42. The van der Waals surface area contributed by atoms with E-state index in [9.17, 15) is 23.3 Å². The molecule has 1 aromatic rings. The average molecular weight is 314 g/mol. The summed E-state index contributed by atoms with van der Waals surface area (Å²) in [6.45, 7) is 5.22. The normalized spacial score (nSPS) is 12.4. The Morgan fingerprint density at radius 1 is 1.32 bits per heavy atom. The number of alkyl halides is 3. The summed E-state index contributed by atoms with van der Waals surface area (Å²) in [5.41, 5.74) is -1.95. The fourth-order valence-corrected chi connectivity index (χ4v) is 2.43. The number of hydrogen-bond acceptors (Lipinski definition) is 3. The Hall–Kier alpha value is -1.28. The van der Waals surface area contributed by atoms with Crippen molar-refractivity contribution in [2.24, 2.45) is 0 Å². The zero-order valence-corrected chi connectivity index (χ0v) is 12.1. The minimum absolute atomic E-state index is 0.307. The first-order valence-electron chi connectivity index (χ1n) is 5.16. The molecular weight excluding hydrogens is 303 g/mol. The zero-order valence-electron chi connectivity index (χ0n) is 10.3. The van der Waals surface area contributed by atoms with Crippen LogP contribution in [0.2, 0.25) is 24.7 Å². The number of nitro groups is 1. The first kappa shape index (κ1) is 15.8. The molecule has 0 radical (unpaired) electrons. The van der Waals surface area contributed by atoms with Crippen LogP contribution >= 0.6 is 11.6 Å². The van der Waals surface area contributed by atoms with Crippen LogP contribution in [0, 0.1) is 10.1 Å². The summed E-state index contributed by atoms with van der Waals surface area (Å²) in [6, 6.07) is 1.06. The van der Waals surface area contributed by atoms with Gasteiger partial charge in [0, 0.05) is 6.07 Å². The van der Waals surface area contributed by atoms with E-state index >= 15 is 0 Å². The Balaban J connectivity index is 3.44. The third-order valence-electron chi connectivity index (χ3n) is 1.96. The summed E-state index contributed by atoms with van der Waals surface area (Å²) in [6.07, 6.45) is -4.70. The Morgan fingerprint density at radius 3 is 2.21 bits per heavy atom. The SMILES string of the molecule is C[Si](C)(C)Oc1c(Cl)cc(C(F)(F)F)cc1[N+](=O)[O-]. The lowest BCUT2D eigenvalue weighted by molar-refractivity contribution is -0.385. The molecule has 19 heavy (non-hydrogen) atoms. The van der Waals surface area contributed by atoms with Crippen LogP contribution in [-0.2, 0) is 6.18 Å². The minimum atomic E-state index is -4.70.